The Hall–Kier alpha value is -1.95. The van der Waals surface area contributed by atoms with Gasteiger partial charge in [0.15, 0.2) is 17.5 Å². The van der Waals surface area contributed by atoms with E-state index in [1.807, 2.05) is 0 Å². The summed E-state index contributed by atoms with van der Waals surface area (Å²) in [4.78, 5) is 7.60. The second kappa shape index (κ2) is 5.14. The van der Waals surface area contributed by atoms with Crippen LogP contribution in [0.2, 0.25) is 5.02 Å². The number of nitrogens with zero attached hydrogens (tertiary/aromatic N) is 2. The molecule has 0 spiro atoms. The van der Waals surface area contributed by atoms with E-state index >= 15 is 0 Å². The molecule has 1 aromatic heterocycles. The molecule has 0 atom stereocenters. The first-order chi connectivity index (χ1) is 8.58. The lowest BCUT2D eigenvalue weighted by molar-refractivity contribution is 0.507. The van der Waals surface area contributed by atoms with Gasteiger partial charge < -0.3 is 11.1 Å². The van der Waals surface area contributed by atoms with Crippen LogP contribution in [-0.4, -0.2) is 9.97 Å². The van der Waals surface area contributed by atoms with Gasteiger partial charge in [0.25, 0.3) is 0 Å². The minimum Gasteiger partial charge on any atom is -0.382 e. The van der Waals surface area contributed by atoms with Crippen LogP contribution < -0.4 is 11.1 Å². The standard InChI is InChI=1S/C11H9ClF2N4/c12-9-10(15)17-5-18-11(9)16-4-6-1-2-7(13)8(14)3-6/h1-3,5H,4H2,(H3,15,16,17,18). The monoisotopic (exact) mass is 270 g/mol. The SMILES string of the molecule is Nc1ncnc(NCc2ccc(F)c(F)c2)c1Cl. The van der Waals surface area contributed by atoms with Crippen molar-refractivity contribution in [3.63, 3.8) is 0 Å². The molecule has 18 heavy (non-hydrogen) atoms. The zero-order valence-corrected chi connectivity index (χ0v) is 9.88. The number of benzene rings is 1. The molecule has 7 heteroatoms. The first-order valence-electron chi connectivity index (χ1n) is 5.01. The molecule has 0 aliphatic heterocycles. The molecule has 1 aromatic carbocycles. The molecule has 0 aliphatic rings. The largest absolute Gasteiger partial charge is 0.382 e. The first-order valence-corrected chi connectivity index (χ1v) is 5.39. The highest BCUT2D eigenvalue weighted by Crippen LogP contribution is 2.23. The summed E-state index contributed by atoms with van der Waals surface area (Å²) in [6.45, 7) is 0.243. The molecule has 0 bridgehead atoms. The average molecular weight is 271 g/mol. The fraction of sp³-hybridized carbons (Fsp3) is 0.0909. The molecule has 0 unspecified atom stereocenters. The predicted octanol–water partition coefficient (Wildman–Crippen LogP) is 2.60. The quantitative estimate of drug-likeness (QED) is 0.900. The Morgan fingerprint density at radius 3 is 2.72 bits per heavy atom. The summed E-state index contributed by atoms with van der Waals surface area (Å²) in [6.07, 6.45) is 1.26. The smallest absolute Gasteiger partial charge is 0.159 e. The van der Waals surface area contributed by atoms with Crippen molar-refractivity contribution in [2.45, 2.75) is 6.54 Å². The summed E-state index contributed by atoms with van der Waals surface area (Å²) in [7, 11) is 0. The lowest BCUT2D eigenvalue weighted by Crippen LogP contribution is -2.05. The zero-order chi connectivity index (χ0) is 13.1. The van der Waals surface area contributed by atoms with Crippen molar-refractivity contribution in [1.82, 2.24) is 9.97 Å². The Morgan fingerprint density at radius 2 is 2.00 bits per heavy atom. The van der Waals surface area contributed by atoms with Crippen LogP contribution in [0.5, 0.6) is 0 Å². The molecule has 2 aromatic rings. The predicted molar refractivity (Wildman–Crippen MR) is 65.1 cm³/mol. The van der Waals surface area contributed by atoms with E-state index in [-0.39, 0.29) is 17.4 Å². The van der Waals surface area contributed by atoms with Crippen LogP contribution in [0, 0.1) is 11.6 Å². The maximum Gasteiger partial charge on any atom is 0.159 e. The summed E-state index contributed by atoms with van der Waals surface area (Å²) in [5, 5.41) is 3.06. The number of nitrogen functional groups attached to an aromatic ring is 1. The molecule has 2 rings (SSSR count). The number of anilines is 2. The topological polar surface area (TPSA) is 63.8 Å². The summed E-state index contributed by atoms with van der Waals surface area (Å²) in [5.41, 5.74) is 6.06. The molecule has 0 saturated heterocycles. The van der Waals surface area contributed by atoms with Crippen LogP contribution >= 0.6 is 11.6 Å². The van der Waals surface area contributed by atoms with Gasteiger partial charge in [0, 0.05) is 6.54 Å². The van der Waals surface area contributed by atoms with Crippen LogP contribution in [0.1, 0.15) is 5.56 Å². The van der Waals surface area contributed by atoms with Crippen molar-refractivity contribution in [2.24, 2.45) is 0 Å². The molecular formula is C11H9ClF2N4. The van der Waals surface area contributed by atoms with E-state index in [0.717, 1.165) is 12.1 Å². The Bertz CT molecular complexity index is 577. The molecule has 0 aliphatic carbocycles. The molecule has 4 nitrogen and oxygen atoms in total. The van der Waals surface area contributed by atoms with Crippen molar-refractivity contribution in [3.05, 3.63) is 46.7 Å². The van der Waals surface area contributed by atoms with Gasteiger partial charge in [0.2, 0.25) is 0 Å². The van der Waals surface area contributed by atoms with E-state index in [1.165, 1.54) is 12.4 Å². The van der Waals surface area contributed by atoms with Crippen molar-refractivity contribution < 1.29 is 8.78 Å². The molecule has 0 radical (unpaired) electrons. The fourth-order valence-corrected chi connectivity index (χ4v) is 1.51. The van der Waals surface area contributed by atoms with Crippen LogP contribution in [-0.2, 0) is 6.54 Å². The fourth-order valence-electron chi connectivity index (χ4n) is 1.34. The zero-order valence-electron chi connectivity index (χ0n) is 9.12. The van der Waals surface area contributed by atoms with Crippen LogP contribution in [0.15, 0.2) is 24.5 Å². The van der Waals surface area contributed by atoms with Gasteiger partial charge in [-0.25, -0.2) is 18.7 Å². The third kappa shape index (κ3) is 2.65. The third-order valence-electron chi connectivity index (χ3n) is 2.26. The molecule has 3 N–H and O–H groups in total. The van der Waals surface area contributed by atoms with Gasteiger partial charge in [0.05, 0.1) is 0 Å². The highest BCUT2D eigenvalue weighted by molar-refractivity contribution is 6.35. The molecular weight excluding hydrogens is 262 g/mol. The summed E-state index contributed by atoms with van der Waals surface area (Å²) in [5.74, 6) is -1.29. The maximum absolute atomic E-state index is 13.0. The van der Waals surface area contributed by atoms with E-state index in [9.17, 15) is 8.78 Å². The highest BCUT2D eigenvalue weighted by Gasteiger charge is 2.07. The van der Waals surface area contributed by atoms with Gasteiger partial charge >= 0.3 is 0 Å². The number of hydrogen-bond donors (Lipinski definition) is 2. The van der Waals surface area contributed by atoms with Crippen molar-refractivity contribution in [3.8, 4) is 0 Å². The molecule has 0 saturated carbocycles. The Kier molecular flexibility index (Phi) is 3.57. The number of halogens is 3. The van der Waals surface area contributed by atoms with E-state index in [2.05, 4.69) is 15.3 Å². The third-order valence-corrected chi connectivity index (χ3v) is 2.63. The first kappa shape index (κ1) is 12.5. The van der Waals surface area contributed by atoms with Gasteiger partial charge in [-0.2, -0.15) is 0 Å². The Labute approximate surface area is 107 Å². The number of nitrogens with one attached hydrogen (secondary N) is 1. The number of hydrogen-bond acceptors (Lipinski definition) is 4. The van der Waals surface area contributed by atoms with Gasteiger partial charge in [-0.3, -0.25) is 0 Å². The summed E-state index contributed by atoms with van der Waals surface area (Å²) in [6, 6.07) is 3.62. The lowest BCUT2D eigenvalue weighted by atomic mass is 10.2. The van der Waals surface area contributed by atoms with Crippen LogP contribution in [0.4, 0.5) is 20.4 Å². The van der Waals surface area contributed by atoms with Crippen molar-refractivity contribution in [2.75, 3.05) is 11.1 Å². The van der Waals surface area contributed by atoms with E-state index in [0.29, 0.717) is 11.4 Å². The normalized spacial score (nSPS) is 10.4. The van der Waals surface area contributed by atoms with Crippen molar-refractivity contribution in [1.29, 1.82) is 0 Å². The molecule has 94 valence electrons. The highest BCUT2D eigenvalue weighted by atomic mass is 35.5. The second-order valence-electron chi connectivity index (χ2n) is 3.52. The van der Waals surface area contributed by atoms with E-state index in [1.54, 1.807) is 0 Å². The number of rotatable bonds is 3. The molecule has 0 fully saturated rings. The number of aromatic nitrogens is 2. The van der Waals surface area contributed by atoms with E-state index in [4.69, 9.17) is 17.3 Å². The van der Waals surface area contributed by atoms with E-state index < -0.39 is 11.6 Å². The minimum atomic E-state index is -0.900. The van der Waals surface area contributed by atoms with Crippen LogP contribution in [0.3, 0.4) is 0 Å². The summed E-state index contributed by atoms with van der Waals surface area (Å²) >= 11 is 5.87. The second-order valence-corrected chi connectivity index (χ2v) is 3.90. The Morgan fingerprint density at radius 1 is 1.22 bits per heavy atom. The van der Waals surface area contributed by atoms with Gasteiger partial charge in [-0.1, -0.05) is 17.7 Å². The van der Waals surface area contributed by atoms with Gasteiger partial charge in [-0.15, -0.1) is 0 Å². The summed E-state index contributed by atoms with van der Waals surface area (Å²) < 4.78 is 25.7. The number of nitrogens with two attached hydrogens (primary N) is 1. The average Bonchev–Trinajstić information content (AvgIpc) is 2.35. The Balaban J connectivity index is 2.11. The maximum atomic E-state index is 13.0. The minimum absolute atomic E-state index is 0.152. The molecule has 1 heterocycles. The van der Waals surface area contributed by atoms with Gasteiger partial charge in [-0.05, 0) is 17.7 Å². The van der Waals surface area contributed by atoms with Gasteiger partial charge in [0.1, 0.15) is 17.2 Å². The molecule has 0 amide bonds. The van der Waals surface area contributed by atoms with Crippen molar-refractivity contribution >= 4 is 23.2 Å². The lowest BCUT2D eigenvalue weighted by Gasteiger charge is -2.08. The van der Waals surface area contributed by atoms with Crippen LogP contribution in [0.25, 0.3) is 0 Å².